The van der Waals surface area contributed by atoms with Crippen LogP contribution in [0.5, 0.6) is 0 Å². The zero-order valence-corrected chi connectivity index (χ0v) is 15.6. The molecule has 1 heterocycles. The summed E-state index contributed by atoms with van der Waals surface area (Å²) in [5, 5.41) is 1.16. The Labute approximate surface area is 148 Å². The van der Waals surface area contributed by atoms with Gasteiger partial charge in [0.05, 0.1) is 11.2 Å². The molecular weight excluding hydrogens is 312 g/mol. The molecule has 0 saturated carbocycles. The van der Waals surface area contributed by atoms with Crippen molar-refractivity contribution in [2.24, 2.45) is 0 Å². The van der Waals surface area contributed by atoms with Crippen LogP contribution in [0.15, 0.2) is 59.8 Å². The van der Waals surface area contributed by atoms with Crippen LogP contribution in [-0.2, 0) is 5.41 Å². The van der Waals surface area contributed by atoms with Crippen LogP contribution in [-0.4, -0.2) is 15.7 Å². The van der Waals surface area contributed by atoms with Crippen LogP contribution in [0.4, 0.5) is 0 Å². The molecular formula is C21H24N2S. The van der Waals surface area contributed by atoms with Gasteiger partial charge in [0, 0.05) is 22.0 Å². The van der Waals surface area contributed by atoms with Gasteiger partial charge < -0.3 is 0 Å². The SMILES string of the molecule is CC(CSc1ccc(C(C)(C)C)cc1)c1ncnc2ccccc12. The van der Waals surface area contributed by atoms with Crippen molar-refractivity contribution in [1.29, 1.82) is 0 Å². The van der Waals surface area contributed by atoms with Crippen molar-refractivity contribution in [1.82, 2.24) is 9.97 Å². The van der Waals surface area contributed by atoms with Crippen molar-refractivity contribution in [2.75, 3.05) is 5.75 Å². The molecule has 1 atom stereocenters. The maximum atomic E-state index is 4.54. The largest absolute Gasteiger partial charge is 0.240 e. The molecule has 1 aromatic heterocycles. The lowest BCUT2D eigenvalue weighted by Crippen LogP contribution is -2.10. The molecule has 0 saturated heterocycles. The van der Waals surface area contributed by atoms with Gasteiger partial charge >= 0.3 is 0 Å². The molecule has 0 amide bonds. The number of rotatable bonds is 4. The number of nitrogens with zero attached hydrogens (tertiary/aromatic N) is 2. The zero-order valence-electron chi connectivity index (χ0n) is 14.8. The Morgan fingerprint density at radius 3 is 2.38 bits per heavy atom. The molecule has 24 heavy (non-hydrogen) atoms. The highest BCUT2D eigenvalue weighted by Crippen LogP contribution is 2.30. The first-order chi connectivity index (χ1) is 11.4. The van der Waals surface area contributed by atoms with E-state index in [1.165, 1.54) is 10.5 Å². The number of hydrogen-bond acceptors (Lipinski definition) is 3. The molecule has 0 aliphatic rings. The van der Waals surface area contributed by atoms with Crippen molar-refractivity contribution < 1.29 is 0 Å². The second-order valence-electron chi connectivity index (χ2n) is 7.26. The minimum absolute atomic E-state index is 0.205. The van der Waals surface area contributed by atoms with Gasteiger partial charge in [0.1, 0.15) is 6.33 Å². The van der Waals surface area contributed by atoms with Crippen LogP contribution in [0.1, 0.15) is 44.9 Å². The summed E-state index contributed by atoms with van der Waals surface area (Å²) in [5.74, 6) is 1.39. The van der Waals surface area contributed by atoms with Gasteiger partial charge in [-0.1, -0.05) is 58.0 Å². The van der Waals surface area contributed by atoms with Gasteiger partial charge in [0.15, 0.2) is 0 Å². The first-order valence-electron chi connectivity index (χ1n) is 8.38. The van der Waals surface area contributed by atoms with Crippen LogP contribution in [0.2, 0.25) is 0 Å². The standard InChI is InChI=1S/C21H24N2S/c1-15(20-18-7-5-6-8-19(18)22-14-23-20)13-24-17-11-9-16(10-12-17)21(2,3)4/h5-12,14-15H,13H2,1-4H3. The third kappa shape index (κ3) is 3.78. The van der Waals surface area contributed by atoms with Gasteiger partial charge in [0.2, 0.25) is 0 Å². The van der Waals surface area contributed by atoms with E-state index in [1.807, 2.05) is 23.9 Å². The van der Waals surface area contributed by atoms with Crippen molar-refractivity contribution in [3.8, 4) is 0 Å². The van der Waals surface area contributed by atoms with Gasteiger partial charge in [-0.15, -0.1) is 11.8 Å². The van der Waals surface area contributed by atoms with E-state index in [1.54, 1.807) is 6.33 Å². The highest BCUT2D eigenvalue weighted by molar-refractivity contribution is 7.99. The molecule has 3 heteroatoms. The molecule has 0 aliphatic heterocycles. The predicted octanol–water partition coefficient (Wildman–Crippen LogP) is 5.82. The van der Waals surface area contributed by atoms with E-state index in [2.05, 4.69) is 74.1 Å². The average Bonchev–Trinajstić information content (AvgIpc) is 2.59. The molecule has 0 radical (unpaired) electrons. The number of thioether (sulfide) groups is 1. The average molecular weight is 337 g/mol. The lowest BCUT2D eigenvalue weighted by atomic mass is 9.87. The fourth-order valence-electron chi connectivity index (χ4n) is 2.77. The fraction of sp³-hybridized carbons (Fsp3) is 0.333. The molecule has 2 nitrogen and oxygen atoms in total. The smallest absolute Gasteiger partial charge is 0.116 e. The van der Waals surface area contributed by atoms with E-state index in [9.17, 15) is 0 Å². The highest BCUT2D eigenvalue weighted by Gasteiger charge is 2.14. The number of fused-ring (bicyclic) bond motifs is 1. The Morgan fingerprint density at radius 1 is 0.958 bits per heavy atom. The Kier molecular flexibility index (Phi) is 4.91. The molecule has 2 aromatic carbocycles. The molecule has 124 valence electrons. The van der Waals surface area contributed by atoms with E-state index in [0.29, 0.717) is 5.92 Å². The summed E-state index contributed by atoms with van der Waals surface area (Å²) in [6.07, 6.45) is 1.68. The summed E-state index contributed by atoms with van der Waals surface area (Å²) in [5.41, 5.74) is 3.74. The summed E-state index contributed by atoms with van der Waals surface area (Å²) < 4.78 is 0. The molecule has 0 N–H and O–H groups in total. The quantitative estimate of drug-likeness (QED) is 0.561. The molecule has 0 fully saturated rings. The minimum Gasteiger partial charge on any atom is -0.240 e. The number of hydrogen-bond donors (Lipinski definition) is 0. The van der Waals surface area contributed by atoms with Gasteiger partial charge in [0.25, 0.3) is 0 Å². The van der Waals surface area contributed by atoms with Gasteiger partial charge in [-0.25, -0.2) is 9.97 Å². The van der Waals surface area contributed by atoms with Crippen LogP contribution >= 0.6 is 11.8 Å². The Hall–Kier alpha value is -1.87. The molecule has 0 bridgehead atoms. The lowest BCUT2D eigenvalue weighted by Gasteiger charge is -2.19. The minimum atomic E-state index is 0.205. The molecule has 1 unspecified atom stereocenters. The fourth-order valence-corrected chi connectivity index (χ4v) is 3.70. The number of para-hydroxylation sites is 1. The normalized spacial score (nSPS) is 13.2. The summed E-state index contributed by atoms with van der Waals surface area (Å²) in [6.45, 7) is 8.98. The van der Waals surface area contributed by atoms with Crippen LogP contribution in [0.25, 0.3) is 10.9 Å². The maximum absolute atomic E-state index is 4.54. The van der Waals surface area contributed by atoms with Gasteiger partial charge in [-0.05, 0) is 29.2 Å². The van der Waals surface area contributed by atoms with E-state index >= 15 is 0 Å². The van der Waals surface area contributed by atoms with Crippen molar-refractivity contribution in [2.45, 2.75) is 43.9 Å². The third-order valence-electron chi connectivity index (χ3n) is 4.26. The predicted molar refractivity (Wildman–Crippen MR) is 104 cm³/mol. The third-order valence-corrected chi connectivity index (χ3v) is 5.53. The van der Waals surface area contributed by atoms with Crippen LogP contribution < -0.4 is 0 Å². The van der Waals surface area contributed by atoms with Crippen molar-refractivity contribution >= 4 is 22.7 Å². The number of aromatic nitrogens is 2. The first kappa shape index (κ1) is 17.0. The summed E-state index contributed by atoms with van der Waals surface area (Å²) >= 11 is 1.89. The van der Waals surface area contributed by atoms with Crippen LogP contribution in [0.3, 0.4) is 0 Å². The van der Waals surface area contributed by atoms with Gasteiger partial charge in [-0.2, -0.15) is 0 Å². The monoisotopic (exact) mass is 336 g/mol. The van der Waals surface area contributed by atoms with E-state index in [-0.39, 0.29) is 5.41 Å². The lowest BCUT2D eigenvalue weighted by molar-refractivity contribution is 0.590. The second kappa shape index (κ2) is 6.94. The van der Waals surface area contributed by atoms with E-state index in [4.69, 9.17) is 0 Å². The van der Waals surface area contributed by atoms with Crippen LogP contribution in [0, 0.1) is 0 Å². The molecule has 0 spiro atoms. The number of benzene rings is 2. The summed E-state index contributed by atoms with van der Waals surface area (Å²) in [7, 11) is 0. The van der Waals surface area contributed by atoms with Crippen molar-refractivity contribution in [3.63, 3.8) is 0 Å². The Morgan fingerprint density at radius 2 is 1.67 bits per heavy atom. The highest BCUT2D eigenvalue weighted by atomic mass is 32.2. The Bertz CT molecular complexity index is 814. The van der Waals surface area contributed by atoms with Gasteiger partial charge in [-0.3, -0.25) is 0 Å². The summed E-state index contributed by atoms with van der Waals surface area (Å²) in [6, 6.07) is 17.2. The van der Waals surface area contributed by atoms with E-state index in [0.717, 1.165) is 22.3 Å². The zero-order chi connectivity index (χ0) is 17.2. The Balaban J connectivity index is 1.72. The van der Waals surface area contributed by atoms with Crippen molar-refractivity contribution in [3.05, 3.63) is 66.1 Å². The van der Waals surface area contributed by atoms with E-state index < -0.39 is 0 Å². The second-order valence-corrected chi connectivity index (χ2v) is 8.36. The summed E-state index contributed by atoms with van der Waals surface area (Å²) in [4.78, 5) is 10.2. The molecule has 3 rings (SSSR count). The maximum Gasteiger partial charge on any atom is 0.116 e. The topological polar surface area (TPSA) is 25.8 Å². The molecule has 3 aromatic rings. The first-order valence-corrected chi connectivity index (χ1v) is 9.37. The molecule has 0 aliphatic carbocycles.